The van der Waals surface area contributed by atoms with Crippen LogP contribution in [0, 0.1) is 23.2 Å². The smallest absolute Gasteiger partial charge is 0.202 e. The molecule has 25 heavy (non-hydrogen) atoms. The molecule has 1 aromatic rings. The third kappa shape index (κ3) is 4.05. The highest BCUT2D eigenvalue weighted by Gasteiger charge is 2.55. The van der Waals surface area contributed by atoms with Crippen molar-refractivity contribution in [3.8, 4) is 5.75 Å². The van der Waals surface area contributed by atoms with Crippen LogP contribution < -0.4 is 4.74 Å². The van der Waals surface area contributed by atoms with Gasteiger partial charge in [-0.3, -0.25) is 0 Å². The highest BCUT2D eigenvalue weighted by Crippen LogP contribution is 2.61. The van der Waals surface area contributed by atoms with Gasteiger partial charge in [0.05, 0.1) is 0 Å². The summed E-state index contributed by atoms with van der Waals surface area (Å²) in [6.07, 6.45) is 5.02. The Morgan fingerprint density at radius 1 is 1.12 bits per heavy atom. The summed E-state index contributed by atoms with van der Waals surface area (Å²) in [6, 6.07) is 8.60. The minimum absolute atomic E-state index is 0.112. The molecule has 0 saturated heterocycles. The lowest BCUT2D eigenvalue weighted by molar-refractivity contribution is -0.109. The van der Waals surface area contributed by atoms with Crippen molar-refractivity contribution in [1.29, 1.82) is 0 Å². The zero-order valence-electron chi connectivity index (χ0n) is 17.3. The molecule has 2 aliphatic carbocycles. The van der Waals surface area contributed by atoms with Crippen molar-refractivity contribution in [3.63, 3.8) is 0 Å². The summed E-state index contributed by atoms with van der Waals surface area (Å²) in [7, 11) is 1.79. The van der Waals surface area contributed by atoms with E-state index in [1.54, 1.807) is 7.11 Å². The molecule has 2 aliphatic rings. The number of benzene rings is 1. The molecule has 0 radical (unpaired) electrons. The normalized spacial score (nSPS) is 28.8. The number of fused-ring (bicyclic) bond motifs is 2. The summed E-state index contributed by atoms with van der Waals surface area (Å²) in [5, 5.41) is 0. The van der Waals surface area contributed by atoms with Gasteiger partial charge in [0.1, 0.15) is 5.75 Å². The molecular formula is C23H38O2. The lowest BCUT2D eigenvalue weighted by atomic mass is 9.80. The molecule has 0 N–H and O–H groups in total. The van der Waals surface area contributed by atoms with Crippen molar-refractivity contribution < 1.29 is 9.47 Å². The average Bonchev–Trinajstić information content (AvgIpc) is 3.08. The van der Waals surface area contributed by atoms with Crippen LogP contribution in [0.2, 0.25) is 0 Å². The van der Waals surface area contributed by atoms with Crippen LogP contribution in [0.25, 0.3) is 0 Å². The number of rotatable bonds is 6. The molecule has 2 bridgehead atoms. The first-order valence-corrected chi connectivity index (χ1v) is 10.3. The minimum Gasteiger partial charge on any atom is -0.465 e. The molecule has 0 heterocycles. The first-order valence-electron chi connectivity index (χ1n) is 10.3. The molecule has 2 fully saturated rings. The highest BCUT2D eigenvalue weighted by atomic mass is 16.7. The molecule has 2 heteroatoms. The second-order valence-electron chi connectivity index (χ2n) is 8.20. The predicted octanol–water partition coefficient (Wildman–Crippen LogP) is 6.65. The lowest BCUT2D eigenvalue weighted by Gasteiger charge is -2.31. The Balaban J connectivity index is 0.00000109. The molecule has 3 rings (SSSR count). The van der Waals surface area contributed by atoms with Crippen molar-refractivity contribution in [3.05, 3.63) is 29.8 Å². The van der Waals surface area contributed by atoms with E-state index in [0.29, 0.717) is 17.3 Å². The largest absolute Gasteiger partial charge is 0.465 e. The number of hydrogen-bond donors (Lipinski definition) is 0. The van der Waals surface area contributed by atoms with Crippen molar-refractivity contribution in [2.45, 2.75) is 79.4 Å². The summed E-state index contributed by atoms with van der Waals surface area (Å²) in [4.78, 5) is 0. The van der Waals surface area contributed by atoms with Crippen LogP contribution in [0.1, 0.15) is 78.7 Å². The maximum atomic E-state index is 6.24. The number of methoxy groups -OCH3 is 1. The van der Waals surface area contributed by atoms with Crippen LogP contribution in [0.3, 0.4) is 0 Å². The summed E-state index contributed by atoms with van der Waals surface area (Å²) in [5.74, 6) is 3.64. The van der Waals surface area contributed by atoms with Crippen LogP contribution in [0.15, 0.2) is 24.3 Å². The van der Waals surface area contributed by atoms with Gasteiger partial charge in [0.2, 0.25) is 6.29 Å². The molecule has 142 valence electrons. The van der Waals surface area contributed by atoms with Gasteiger partial charge in [-0.05, 0) is 66.5 Å². The molecule has 2 nitrogen and oxygen atoms in total. The Morgan fingerprint density at radius 2 is 1.76 bits per heavy atom. The first kappa shape index (κ1) is 20.3. The van der Waals surface area contributed by atoms with Gasteiger partial charge in [-0.2, -0.15) is 0 Å². The number of hydrogen-bond acceptors (Lipinski definition) is 2. The van der Waals surface area contributed by atoms with E-state index < -0.39 is 0 Å². The summed E-state index contributed by atoms with van der Waals surface area (Å²) >= 11 is 0. The second kappa shape index (κ2) is 8.58. The highest BCUT2D eigenvalue weighted by molar-refractivity contribution is 5.29. The van der Waals surface area contributed by atoms with E-state index >= 15 is 0 Å². The molecule has 0 aliphatic heterocycles. The van der Waals surface area contributed by atoms with Gasteiger partial charge >= 0.3 is 0 Å². The third-order valence-electron chi connectivity index (χ3n) is 6.80. The van der Waals surface area contributed by atoms with Crippen LogP contribution in [0.4, 0.5) is 0 Å². The van der Waals surface area contributed by atoms with Crippen LogP contribution in [0.5, 0.6) is 5.75 Å². The summed E-state index contributed by atoms with van der Waals surface area (Å²) in [5.41, 5.74) is 1.83. The van der Waals surface area contributed by atoms with Crippen LogP contribution in [-0.4, -0.2) is 13.4 Å². The SMILES string of the molecule is CC.CCC(C)c1ccc(OC(OC)C2CC3CCC2C3(C)C)cc1. The fourth-order valence-corrected chi connectivity index (χ4v) is 4.96. The van der Waals surface area contributed by atoms with Gasteiger partial charge in [0.15, 0.2) is 0 Å². The van der Waals surface area contributed by atoms with Gasteiger partial charge in [-0.25, -0.2) is 0 Å². The van der Waals surface area contributed by atoms with Crippen LogP contribution in [-0.2, 0) is 4.74 Å². The standard InChI is InChI=1S/C21H32O2.C2H6/c1-6-14(2)15-7-10-17(11-8-15)23-20(22-5)18-13-16-9-12-19(18)21(16,3)4;1-2/h7-8,10-11,14,16,18-20H,6,9,12-13H2,1-5H3;1-2H3. The molecule has 0 aromatic heterocycles. The van der Waals surface area contributed by atoms with Crippen LogP contribution >= 0.6 is 0 Å². The van der Waals surface area contributed by atoms with Gasteiger partial charge in [-0.1, -0.05) is 53.7 Å². The topological polar surface area (TPSA) is 18.5 Å². The molecule has 2 saturated carbocycles. The van der Waals surface area contributed by atoms with E-state index in [1.165, 1.54) is 31.2 Å². The van der Waals surface area contributed by atoms with E-state index in [1.807, 2.05) is 13.8 Å². The van der Waals surface area contributed by atoms with Crippen molar-refractivity contribution in [2.24, 2.45) is 23.2 Å². The monoisotopic (exact) mass is 346 g/mol. The van der Waals surface area contributed by atoms with Gasteiger partial charge in [-0.15, -0.1) is 0 Å². The second-order valence-corrected chi connectivity index (χ2v) is 8.20. The lowest BCUT2D eigenvalue weighted by Crippen LogP contribution is -2.34. The van der Waals surface area contributed by atoms with E-state index in [2.05, 4.69) is 52.0 Å². The molecule has 5 atom stereocenters. The minimum atomic E-state index is -0.112. The molecule has 0 spiro atoms. The first-order chi connectivity index (χ1) is 12.0. The predicted molar refractivity (Wildman–Crippen MR) is 106 cm³/mol. The Morgan fingerprint density at radius 3 is 2.20 bits per heavy atom. The van der Waals surface area contributed by atoms with Gasteiger partial charge in [0.25, 0.3) is 0 Å². The molecule has 1 aromatic carbocycles. The van der Waals surface area contributed by atoms with Crippen molar-refractivity contribution in [2.75, 3.05) is 7.11 Å². The van der Waals surface area contributed by atoms with E-state index in [4.69, 9.17) is 9.47 Å². The molecular weight excluding hydrogens is 308 g/mol. The maximum absolute atomic E-state index is 6.24. The van der Waals surface area contributed by atoms with Crippen molar-refractivity contribution in [1.82, 2.24) is 0 Å². The van der Waals surface area contributed by atoms with Gasteiger partial charge < -0.3 is 9.47 Å². The zero-order valence-corrected chi connectivity index (χ0v) is 17.3. The quantitative estimate of drug-likeness (QED) is 0.537. The zero-order chi connectivity index (χ0) is 18.6. The fourth-order valence-electron chi connectivity index (χ4n) is 4.96. The van der Waals surface area contributed by atoms with Crippen molar-refractivity contribution >= 4 is 0 Å². The summed E-state index contributed by atoms with van der Waals surface area (Å²) in [6.45, 7) is 13.4. The maximum Gasteiger partial charge on any atom is 0.202 e. The fraction of sp³-hybridized carbons (Fsp3) is 0.739. The van der Waals surface area contributed by atoms with E-state index in [0.717, 1.165) is 17.6 Å². The average molecular weight is 347 g/mol. The number of ether oxygens (including phenoxy) is 2. The summed E-state index contributed by atoms with van der Waals surface area (Å²) < 4.78 is 12.0. The Bertz CT molecular complexity index is 519. The Kier molecular flexibility index (Phi) is 6.96. The molecule has 5 unspecified atom stereocenters. The molecule has 0 amide bonds. The Hall–Kier alpha value is -1.02. The van der Waals surface area contributed by atoms with E-state index in [9.17, 15) is 0 Å². The van der Waals surface area contributed by atoms with Gasteiger partial charge in [0, 0.05) is 13.0 Å². The Labute approximate surface area is 155 Å². The van der Waals surface area contributed by atoms with E-state index in [-0.39, 0.29) is 6.29 Å². The third-order valence-corrected chi connectivity index (χ3v) is 6.80.